The largest absolute Gasteiger partial charge is 0.379 e. The molecule has 2 heterocycles. The molecule has 1 aromatic heterocycles. The van der Waals surface area contributed by atoms with E-state index in [2.05, 4.69) is 26.9 Å². The molecule has 0 N–H and O–H groups in total. The molecule has 0 radical (unpaired) electrons. The van der Waals surface area contributed by atoms with Gasteiger partial charge in [0.05, 0.1) is 30.7 Å². The van der Waals surface area contributed by atoms with Gasteiger partial charge in [-0.25, -0.2) is 0 Å². The van der Waals surface area contributed by atoms with E-state index in [1.807, 2.05) is 48.5 Å². The van der Waals surface area contributed by atoms with Crippen LogP contribution in [-0.2, 0) is 11.2 Å². The fraction of sp³-hybridized carbons (Fsp3) is 0.286. The average molecular weight is 473 g/mol. The van der Waals surface area contributed by atoms with E-state index in [4.69, 9.17) is 26.5 Å². The lowest BCUT2D eigenvalue weighted by Gasteiger charge is -2.30. The van der Waals surface area contributed by atoms with Crippen LogP contribution in [0.15, 0.2) is 53.0 Å². The fourth-order valence-corrected chi connectivity index (χ4v) is 3.71. The minimum Gasteiger partial charge on any atom is -0.379 e. The highest BCUT2D eigenvalue weighted by Crippen LogP contribution is 2.25. The highest BCUT2D eigenvalue weighted by molar-refractivity contribution is 9.10. The van der Waals surface area contributed by atoms with Crippen molar-refractivity contribution < 1.29 is 4.74 Å². The number of nitrogens with zero attached hydrogens (tertiary/aromatic N) is 5. The van der Waals surface area contributed by atoms with Crippen LogP contribution in [0.1, 0.15) is 5.69 Å². The molecule has 1 atom stereocenters. The van der Waals surface area contributed by atoms with Crippen molar-refractivity contribution in [3.05, 3.63) is 63.7 Å². The summed E-state index contributed by atoms with van der Waals surface area (Å²) in [5.41, 5.74) is 3.33. The number of morpholine rings is 1. The van der Waals surface area contributed by atoms with Crippen LogP contribution in [0.5, 0.6) is 0 Å². The molecule has 0 aliphatic carbocycles. The van der Waals surface area contributed by atoms with Crippen LogP contribution in [-0.4, -0.2) is 52.2 Å². The molecule has 1 aliphatic rings. The Morgan fingerprint density at radius 3 is 2.41 bits per heavy atom. The molecule has 6 nitrogen and oxygen atoms in total. The van der Waals surface area contributed by atoms with Crippen molar-refractivity contribution in [1.29, 1.82) is 5.26 Å². The molecule has 1 unspecified atom stereocenters. The van der Waals surface area contributed by atoms with E-state index in [9.17, 15) is 5.26 Å². The van der Waals surface area contributed by atoms with Crippen molar-refractivity contribution in [2.24, 2.45) is 0 Å². The standard InChI is InChI=1S/C21H19BrClN5O/c22-16-3-7-18(8-4-16)28-25-20(13-19(14-24)27-9-11-29-12-10-27)21(26-28)15-1-5-17(23)6-2-15/h1-8,19H,9-13H2. The van der Waals surface area contributed by atoms with Gasteiger partial charge in [0.15, 0.2) is 0 Å². The van der Waals surface area contributed by atoms with E-state index in [0.717, 1.165) is 40.2 Å². The zero-order valence-electron chi connectivity index (χ0n) is 15.6. The Kier molecular flexibility index (Phi) is 6.26. The topological polar surface area (TPSA) is 67.0 Å². The second-order valence-corrected chi connectivity index (χ2v) is 8.12. The van der Waals surface area contributed by atoms with Crippen molar-refractivity contribution in [2.45, 2.75) is 12.5 Å². The van der Waals surface area contributed by atoms with E-state index in [1.165, 1.54) is 0 Å². The normalized spacial score (nSPS) is 15.8. The summed E-state index contributed by atoms with van der Waals surface area (Å²) in [6.07, 6.45) is 0.491. The van der Waals surface area contributed by atoms with Gasteiger partial charge < -0.3 is 4.74 Å². The lowest BCUT2D eigenvalue weighted by Crippen LogP contribution is -2.44. The van der Waals surface area contributed by atoms with Crippen LogP contribution in [0.25, 0.3) is 16.9 Å². The third-order valence-corrected chi connectivity index (χ3v) is 5.66. The number of hydrogen-bond donors (Lipinski definition) is 0. The molecule has 29 heavy (non-hydrogen) atoms. The zero-order valence-corrected chi connectivity index (χ0v) is 18.0. The van der Waals surface area contributed by atoms with E-state index >= 15 is 0 Å². The van der Waals surface area contributed by atoms with Crippen molar-refractivity contribution in [2.75, 3.05) is 26.3 Å². The van der Waals surface area contributed by atoms with E-state index in [-0.39, 0.29) is 6.04 Å². The lowest BCUT2D eigenvalue weighted by atomic mass is 10.0. The van der Waals surface area contributed by atoms with Crippen LogP contribution < -0.4 is 0 Å². The first kappa shape index (κ1) is 20.0. The summed E-state index contributed by atoms with van der Waals surface area (Å²) < 4.78 is 6.41. The first-order chi connectivity index (χ1) is 14.1. The molecule has 3 aromatic rings. The number of halogens is 2. The zero-order chi connectivity index (χ0) is 20.2. The minimum atomic E-state index is -0.278. The van der Waals surface area contributed by atoms with E-state index < -0.39 is 0 Å². The van der Waals surface area contributed by atoms with Gasteiger partial charge in [-0.15, -0.1) is 5.10 Å². The molecule has 1 aliphatic heterocycles. The molecule has 1 saturated heterocycles. The Hall–Kier alpha value is -2.24. The predicted molar refractivity (Wildman–Crippen MR) is 115 cm³/mol. The SMILES string of the molecule is N#CC(Cc1nn(-c2ccc(Br)cc2)nc1-c1ccc(Cl)cc1)N1CCOCC1. The summed E-state index contributed by atoms with van der Waals surface area (Å²) in [6.45, 7) is 2.78. The van der Waals surface area contributed by atoms with Gasteiger partial charge in [-0.3, -0.25) is 4.90 Å². The number of benzene rings is 2. The molecule has 148 valence electrons. The maximum absolute atomic E-state index is 9.78. The monoisotopic (exact) mass is 471 g/mol. The summed E-state index contributed by atoms with van der Waals surface area (Å²) in [6, 6.07) is 17.5. The van der Waals surface area contributed by atoms with Crippen molar-refractivity contribution >= 4 is 27.5 Å². The number of hydrogen-bond acceptors (Lipinski definition) is 5. The van der Waals surface area contributed by atoms with E-state index in [0.29, 0.717) is 24.7 Å². The van der Waals surface area contributed by atoms with Crippen molar-refractivity contribution in [1.82, 2.24) is 19.9 Å². The summed E-state index contributed by atoms with van der Waals surface area (Å²) in [7, 11) is 0. The van der Waals surface area contributed by atoms with Gasteiger partial charge in [-0.05, 0) is 36.4 Å². The second-order valence-electron chi connectivity index (χ2n) is 6.77. The molecule has 8 heteroatoms. The number of ether oxygens (including phenoxy) is 1. The Balaban J connectivity index is 1.71. The molecule has 4 rings (SSSR count). The number of aromatic nitrogens is 3. The minimum absolute atomic E-state index is 0.278. The number of rotatable bonds is 5. The van der Waals surface area contributed by atoms with Gasteiger partial charge in [-0.1, -0.05) is 39.7 Å². The third kappa shape index (κ3) is 4.68. The Labute approximate surface area is 182 Å². The van der Waals surface area contributed by atoms with Crippen molar-refractivity contribution in [3.8, 4) is 23.0 Å². The summed E-state index contributed by atoms with van der Waals surface area (Å²) in [5, 5.41) is 19.9. The first-order valence-electron chi connectivity index (χ1n) is 9.33. The molecule has 0 saturated carbocycles. The van der Waals surface area contributed by atoms with E-state index in [1.54, 1.807) is 4.80 Å². The Morgan fingerprint density at radius 2 is 1.76 bits per heavy atom. The lowest BCUT2D eigenvalue weighted by molar-refractivity contribution is 0.0269. The first-order valence-corrected chi connectivity index (χ1v) is 10.5. The van der Waals surface area contributed by atoms with Gasteiger partial charge in [0.1, 0.15) is 11.7 Å². The van der Waals surface area contributed by atoms with Gasteiger partial charge in [0.2, 0.25) is 0 Å². The van der Waals surface area contributed by atoms with Crippen LogP contribution in [0, 0.1) is 11.3 Å². The Bertz CT molecular complexity index is 1010. The maximum atomic E-state index is 9.78. The molecular formula is C21H19BrClN5O. The summed E-state index contributed by atoms with van der Waals surface area (Å²) in [4.78, 5) is 3.77. The molecular weight excluding hydrogens is 454 g/mol. The van der Waals surface area contributed by atoms with Gasteiger partial charge in [-0.2, -0.15) is 15.2 Å². The second kappa shape index (κ2) is 9.06. The maximum Gasteiger partial charge on any atom is 0.116 e. The summed E-state index contributed by atoms with van der Waals surface area (Å²) >= 11 is 9.51. The third-order valence-electron chi connectivity index (χ3n) is 4.88. The summed E-state index contributed by atoms with van der Waals surface area (Å²) in [5.74, 6) is 0. The number of nitriles is 1. The highest BCUT2D eigenvalue weighted by Gasteiger charge is 2.25. The molecule has 1 fully saturated rings. The van der Waals surface area contributed by atoms with Gasteiger partial charge in [0, 0.05) is 34.6 Å². The molecule has 2 aromatic carbocycles. The predicted octanol–water partition coefficient (Wildman–Crippen LogP) is 4.12. The smallest absolute Gasteiger partial charge is 0.116 e. The van der Waals surface area contributed by atoms with Crippen LogP contribution in [0.3, 0.4) is 0 Å². The average Bonchev–Trinajstić information content (AvgIpc) is 3.17. The van der Waals surface area contributed by atoms with Crippen LogP contribution >= 0.6 is 27.5 Å². The quantitative estimate of drug-likeness (QED) is 0.559. The molecule has 0 bridgehead atoms. The van der Waals surface area contributed by atoms with Crippen LogP contribution in [0.2, 0.25) is 5.02 Å². The molecule has 0 spiro atoms. The van der Waals surface area contributed by atoms with Gasteiger partial charge >= 0.3 is 0 Å². The van der Waals surface area contributed by atoms with Crippen LogP contribution in [0.4, 0.5) is 0 Å². The molecule has 0 amide bonds. The highest BCUT2D eigenvalue weighted by atomic mass is 79.9. The van der Waals surface area contributed by atoms with Crippen molar-refractivity contribution in [3.63, 3.8) is 0 Å². The fourth-order valence-electron chi connectivity index (χ4n) is 3.32. The Morgan fingerprint density at radius 1 is 1.07 bits per heavy atom. The van der Waals surface area contributed by atoms with Gasteiger partial charge in [0.25, 0.3) is 0 Å².